The molecule has 2 heterocycles. The van der Waals surface area contributed by atoms with Gasteiger partial charge >= 0.3 is 6.01 Å². The van der Waals surface area contributed by atoms with Crippen LogP contribution in [-0.4, -0.2) is 64.8 Å². The highest BCUT2D eigenvalue weighted by Gasteiger charge is 2.19. The maximum atomic E-state index is 5.88. The Morgan fingerprint density at radius 2 is 2.24 bits per heavy atom. The van der Waals surface area contributed by atoms with Crippen LogP contribution < -0.4 is 10.1 Å². The van der Waals surface area contributed by atoms with Crippen molar-refractivity contribution in [2.75, 3.05) is 38.1 Å². The molecule has 1 atom stereocenters. The van der Waals surface area contributed by atoms with Crippen LogP contribution in [0.5, 0.6) is 6.01 Å². The second kappa shape index (κ2) is 7.72. The lowest BCUT2D eigenvalue weighted by Crippen LogP contribution is -2.45. The Kier molecular flexibility index (Phi) is 5.96. The van der Waals surface area contributed by atoms with Gasteiger partial charge < -0.3 is 14.8 Å². The molecule has 0 radical (unpaired) electrons. The second-order valence-electron chi connectivity index (χ2n) is 5.14. The van der Waals surface area contributed by atoms with E-state index in [9.17, 15) is 0 Å². The summed E-state index contributed by atoms with van der Waals surface area (Å²) in [6.07, 6.45) is 0.0971. The van der Waals surface area contributed by atoms with Crippen molar-refractivity contribution >= 4 is 17.5 Å². The molecule has 0 amide bonds. The van der Waals surface area contributed by atoms with Crippen LogP contribution in [0.4, 0.5) is 5.95 Å². The molecule has 1 aliphatic heterocycles. The van der Waals surface area contributed by atoms with Crippen molar-refractivity contribution in [3.63, 3.8) is 0 Å². The van der Waals surface area contributed by atoms with Gasteiger partial charge in [-0.25, -0.2) is 0 Å². The number of likely N-dealkylation sites (N-methyl/N-ethyl adjacent to an activating group) is 1. The van der Waals surface area contributed by atoms with Crippen molar-refractivity contribution in [1.29, 1.82) is 0 Å². The summed E-state index contributed by atoms with van der Waals surface area (Å²) in [5, 5.41) is 3.25. The number of nitrogens with one attached hydrogen (secondary N) is 1. The van der Waals surface area contributed by atoms with Gasteiger partial charge in [-0.05, 0) is 32.0 Å². The molecule has 1 aromatic heterocycles. The summed E-state index contributed by atoms with van der Waals surface area (Å²) in [7, 11) is 0. The van der Waals surface area contributed by atoms with Crippen molar-refractivity contribution in [2.45, 2.75) is 33.0 Å². The van der Waals surface area contributed by atoms with E-state index >= 15 is 0 Å². The number of hydrogen-bond donors (Lipinski definition) is 1. The van der Waals surface area contributed by atoms with Gasteiger partial charge in [0.05, 0.1) is 18.8 Å². The van der Waals surface area contributed by atoms with Crippen molar-refractivity contribution in [3.05, 3.63) is 5.28 Å². The summed E-state index contributed by atoms with van der Waals surface area (Å²) >= 11 is 5.88. The Morgan fingerprint density at radius 1 is 1.43 bits per heavy atom. The van der Waals surface area contributed by atoms with Crippen LogP contribution >= 0.6 is 11.6 Å². The van der Waals surface area contributed by atoms with E-state index in [-0.39, 0.29) is 23.5 Å². The molecule has 1 saturated heterocycles. The quantitative estimate of drug-likeness (QED) is 0.851. The summed E-state index contributed by atoms with van der Waals surface area (Å²) in [6.45, 7) is 10.2. The topological polar surface area (TPSA) is 72.4 Å². The second-order valence-corrected chi connectivity index (χ2v) is 5.48. The highest BCUT2D eigenvalue weighted by Crippen LogP contribution is 2.13. The number of rotatable bonds is 6. The zero-order valence-electron chi connectivity index (χ0n) is 12.7. The van der Waals surface area contributed by atoms with Gasteiger partial charge in [0.1, 0.15) is 0 Å². The molecule has 8 heteroatoms. The van der Waals surface area contributed by atoms with E-state index in [0.717, 1.165) is 26.2 Å². The van der Waals surface area contributed by atoms with Gasteiger partial charge in [-0.2, -0.15) is 15.0 Å². The van der Waals surface area contributed by atoms with Gasteiger partial charge in [-0.15, -0.1) is 0 Å². The Labute approximate surface area is 130 Å². The minimum absolute atomic E-state index is 0.0175. The lowest BCUT2D eigenvalue weighted by molar-refractivity contribution is -0.0192. The Hall–Kier alpha value is -1.18. The molecular formula is C13H22ClN5O2. The van der Waals surface area contributed by atoms with Crippen molar-refractivity contribution < 1.29 is 9.47 Å². The zero-order chi connectivity index (χ0) is 15.2. The van der Waals surface area contributed by atoms with Crippen LogP contribution in [-0.2, 0) is 4.74 Å². The van der Waals surface area contributed by atoms with Crippen molar-refractivity contribution in [3.8, 4) is 6.01 Å². The lowest BCUT2D eigenvalue weighted by Gasteiger charge is -2.32. The van der Waals surface area contributed by atoms with E-state index in [1.54, 1.807) is 0 Å². The van der Waals surface area contributed by atoms with Crippen LogP contribution in [0.1, 0.15) is 20.8 Å². The van der Waals surface area contributed by atoms with Crippen LogP contribution in [0.25, 0.3) is 0 Å². The van der Waals surface area contributed by atoms with E-state index in [2.05, 4.69) is 32.1 Å². The summed E-state index contributed by atoms with van der Waals surface area (Å²) < 4.78 is 11.2. The standard InChI is InChI=1S/C13H22ClN5O2/c1-4-19-5-6-20-10(8-19)7-15-12-16-11(14)17-13(18-12)21-9(2)3/h9-10H,4-8H2,1-3H3,(H,15,16,17,18). The number of aromatic nitrogens is 3. The molecular weight excluding hydrogens is 294 g/mol. The lowest BCUT2D eigenvalue weighted by atomic mass is 10.2. The Balaban J connectivity index is 1.91. The Morgan fingerprint density at radius 3 is 2.95 bits per heavy atom. The first kappa shape index (κ1) is 16.2. The number of anilines is 1. The maximum absolute atomic E-state index is 5.88. The fourth-order valence-corrected chi connectivity index (χ4v) is 2.22. The summed E-state index contributed by atoms with van der Waals surface area (Å²) in [4.78, 5) is 14.5. The average Bonchev–Trinajstić information content (AvgIpc) is 2.44. The molecule has 0 saturated carbocycles. The van der Waals surface area contributed by atoms with Gasteiger partial charge in [0.25, 0.3) is 0 Å². The van der Waals surface area contributed by atoms with Crippen LogP contribution in [0.2, 0.25) is 5.28 Å². The molecule has 118 valence electrons. The van der Waals surface area contributed by atoms with Crippen LogP contribution in [0, 0.1) is 0 Å². The fraction of sp³-hybridized carbons (Fsp3) is 0.769. The first-order valence-corrected chi connectivity index (χ1v) is 7.60. The van der Waals surface area contributed by atoms with Gasteiger partial charge in [0.2, 0.25) is 11.2 Å². The number of ether oxygens (including phenoxy) is 2. The zero-order valence-corrected chi connectivity index (χ0v) is 13.4. The first-order valence-electron chi connectivity index (χ1n) is 7.23. The Bertz CT molecular complexity index is 460. The molecule has 0 aliphatic carbocycles. The molecule has 1 aromatic rings. The third kappa shape index (κ3) is 5.26. The molecule has 2 rings (SSSR count). The summed E-state index contributed by atoms with van der Waals surface area (Å²) in [6, 6.07) is 0.229. The largest absolute Gasteiger partial charge is 0.461 e. The smallest absolute Gasteiger partial charge is 0.322 e. The predicted molar refractivity (Wildman–Crippen MR) is 80.9 cm³/mol. The number of hydrogen-bond acceptors (Lipinski definition) is 7. The maximum Gasteiger partial charge on any atom is 0.322 e. The third-order valence-corrected chi connectivity index (χ3v) is 3.26. The summed E-state index contributed by atoms with van der Waals surface area (Å²) in [5.74, 6) is 0.405. The van der Waals surface area contributed by atoms with E-state index in [1.807, 2.05) is 13.8 Å². The van der Waals surface area contributed by atoms with E-state index < -0.39 is 0 Å². The van der Waals surface area contributed by atoms with Crippen LogP contribution in [0.3, 0.4) is 0 Å². The van der Waals surface area contributed by atoms with Crippen molar-refractivity contribution in [1.82, 2.24) is 19.9 Å². The van der Waals surface area contributed by atoms with Gasteiger partial charge in [-0.3, -0.25) is 4.90 Å². The summed E-state index contributed by atoms with van der Waals surface area (Å²) in [5.41, 5.74) is 0. The van der Waals surface area contributed by atoms with Gasteiger partial charge in [0, 0.05) is 19.6 Å². The SMILES string of the molecule is CCN1CCOC(CNc2nc(Cl)nc(OC(C)C)n2)C1. The molecule has 1 aliphatic rings. The minimum Gasteiger partial charge on any atom is -0.461 e. The number of nitrogens with zero attached hydrogens (tertiary/aromatic N) is 4. The number of halogens is 1. The normalized spacial score (nSPS) is 19.8. The molecule has 1 N–H and O–H groups in total. The molecule has 1 fully saturated rings. The average molecular weight is 316 g/mol. The molecule has 7 nitrogen and oxygen atoms in total. The molecule has 0 spiro atoms. The molecule has 0 bridgehead atoms. The highest BCUT2D eigenvalue weighted by atomic mass is 35.5. The van der Waals surface area contributed by atoms with Crippen LogP contribution in [0.15, 0.2) is 0 Å². The van der Waals surface area contributed by atoms with Gasteiger partial charge in [-0.1, -0.05) is 6.92 Å². The van der Waals surface area contributed by atoms with E-state index in [4.69, 9.17) is 21.1 Å². The third-order valence-electron chi connectivity index (χ3n) is 3.09. The predicted octanol–water partition coefficient (Wildman–Crippen LogP) is 1.44. The van der Waals surface area contributed by atoms with E-state index in [1.165, 1.54) is 0 Å². The first-order chi connectivity index (χ1) is 10.1. The minimum atomic E-state index is -0.0175. The molecule has 21 heavy (non-hydrogen) atoms. The molecule has 0 aromatic carbocycles. The fourth-order valence-electron chi connectivity index (χ4n) is 2.07. The molecule has 1 unspecified atom stereocenters. The van der Waals surface area contributed by atoms with Gasteiger partial charge in [0.15, 0.2) is 0 Å². The highest BCUT2D eigenvalue weighted by molar-refractivity contribution is 6.28. The number of morpholine rings is 1. The monoisotopic (exact) mass is 315 g/mol. The van der Waals surface area contributed by atoms with Crippen molar-refractivity contribution in [2.24, 2.45) is 0 Å². The van der Waals surface area contributed by atoms with E-state index in [0.29, 0.717) is 12.5 Å².